The number of nitrogens with zero attached hydrogens (tertiary/aromatic N) is 1. The fourth-order valence-corrected chi connectivity index (χ4v) is 2.96. The molecule has 0 aliphatic carbocycles. The fraction of sp³-hybridized carbons (Fsp3) is 0.533. The molecule has 2 rings (SSSR count). The first-order chi connectivity index (χ1) is 9.50. The van der Waals surface area contributed by atoms with Crippen molar-refractivity contribution in [3.63, 3.8) is 0 Å². The first-order valence-corrected chi connectivity index (χ1v) is 6.92. The molecule has 1 aliphatic rings. The molecule has 1 amide bonds. The van der Waals surface area contributed by atoms with Crippen molar-refractivity contribution >= 4 is 5.91 Å². The summed E-state index contributed by atoms with van der Waals surface area (Å²) in [6.45, 7) is 3.81. The molecule has 1 fully saturated rings. The van der Waals surface area contributed by atoms with Gasteiger partial charge in [0.05, 0.1) is 5.41 Å². The number of rotatable bonds is 4. The molecule has 5 heteroatoms. The van der Waals surface area contributed by atoms with Crippen molar-refractivity contribution in [3.8, 4) is 0 Å². The maximum Gasteiger partial charge on any atom is 0.227 e. The van der Waals surface area contributed by atoms with Crippen molar-refractivity contribution in [1.82, 2.24) is 10.2 Å². The number of carbonyl (C=O) groups is 1. The first-order valence-electron chi connectivity index (χ1n) is 6.92. The third-order valence-electron chi connectivity index (χ3n) is 4.18. The number of amides is 1. The molecule has 0 aromatic heterocycles. The second-order valence-electron chi connectivity index (χ2n) is 5.67. The van der Waals surface area contributed by atoms with Gasteiger partial charge in [-0.3, -0.25) is 9.69 Å². The molecule has 110 valence electrons. The predicted octanol–water partition coefficient (Wildman–Crippen LogP) is 1.28. The van der Waals surface area contributed by atoms with Gasteiger partial charge in [0, 0.05) is 26.2 Å². The quantitative estimate of drug-likeness (QED) is 0.873. The van der Waals surface area contributed by atoms with E-state index in [1.54, 1.807) is 13.1 Å². The van der Waals surface area contributed by atoms with Gasteiger partial charge in [-0.25, -0.2) is 4.39 Å². The lowest BCUT2D eigenvalue weighted by Gasteiger charge is -2.29. The van der Waals surface area contributed by atoms with E-state index in [0.717, 1.165) is 18.5 Å². The van der Waals surface area contributed by atoms with Crippen LogP contribution in [0.15, 0.2) is 24.3 Å². The average Bonchev–Trinajstić information content (AvgIpc) is 2.82. The standard InChI is InChI=1S/C15H22FN3O/c1-15(14(20)18-2)6-7-19(10-15)13(9-17)11-4-3-5-12(16)8-11/h3-5,8,13H,6-7,9-10,17H2,1-2H3,(H,18,20). The van der Waals surface area contributed by atoms with Crippen LogP contribution >= 0.6 is 0 Å². The Morgan fingerprint density at radius 2 is 2.35 bits per heavy atom. The van der Waals surface area contributed by atoms with Crippen LogP contribution in [0.2, 0.25) is 0 Å². The van der Waals surface area contributed by atoms with E-state index < -0.39 is 5.41 Å². The van der Waals surface area contributed by atoms with E-state index >= 15 is 0 Å². The van der Waals surface area contributed by atoms with Crippen LogP contribution in [0.4, 0.5) is 4.39 Å². The Morgan fingerprint density at radius 1 is 1.60 bits per heavy atom. The Kier molecular flexibility index (Phi) is 4.40. The van der Waals surface area contributed by atoms with Gasteiger partial charge < -0.3 is 11.1 Å². The number of halogens is 1. The van der Waals surface area contributed by atoms with Crippen molar-refractivity contribution < 1.29 is 9.18 Å². The molecule has 1 saturated heterocycles. The van der Waals surface area contributed by atoms with Crippen LogP contribution < -0.4 is 11.1 Å². The van der Waals surface area contributed by atoms with Crippen LogP contribution in [0.1, 0.15) is 24.9 Å². The zero-order chi connectivity index (χ0) is 14.8. The summed E-state index contributed by atoms with van der Waals surface area (Å²) in [4.78, 5) is 14.1. The highest BCUT2D eigenvalue weighted by Crippen LogP contribution is 2.35. The Bertz CT molecular complexity index is 494. The van der Waals surface area contributed by atoms with Crippen LogP contribution in [0.3, 0.4) is 0 Å². The third kappa shape index (κ3) is 2.83. The highest BCUT2D eigenvalue weighted by Gasteiger charge is 2.41. The van der Waals surface area contributed by atoms with Crippen LogP contribution in [0.5, 0.6) is 0 Å². The Labute approximate surface area is 119 Å². The van der Waals surface area contributed by atoms with Crippen LogP contribution in [0.25, 0.3) is 0 Å². The lowest BCUT2D eigenvalue weighted by atomic mass is 9.89. The van der Waals surface area contributed by atoms with E-state index in [4.69, 9.17) is 5.73 Å². The number of likely N-dealkylation sites (tertiary alicyclic amines) is 1. The number of carbonyl (C=O) groups excluding carboxylic acids is 1. The Morgan fingerprint density at radius 3 is 2.95 bits per heavy atom. The second kappa shape index (κ2) is 5.89. The summed E-state index contributed by atoms with van der Waals surface area (Å²) < 4.78 is 13.4. The molecule has 4 nitrogen and oxygen atoms in total. The number of benzene rings is 1. The van der Waals surface area contributed by atoms with Crippen LogP contribution in [-0.4, -0.2) is 37.5 Å². The van der Waals surface area contributed by atoms with Gasteiger partial charge in [-0.1, -0.05) is 12.1 Å². The monoisotopic (exact) mass is 279 g/mol. The first kappa shape index (κ1) is 14.9. The van der Waals surface area contributed by atoms with E-state index in [-0.39, 0.29) is 17.8 Å². The van der Waals surface area contributed by atoms with Gasteiger partial charge in [-0.15, -0.1) is 0 Å². The molecule has 0 saturated carbocycles. The highest BCUT2D eigenvalue weighted by molar-refractivity contribution is 5.82. The molecule has 3 N–H and O–H groups in total. The van der Waals surface area contributed by atoms with Gasteiger partial charge in [-0.05, 0) is 37.6 Å². The highest BCUT2D eigenvalue weighted by atomic mass is 19.1. The molecule has 2 unspecified atom stereocenters. The van der Waals surface area contributed by atoms with Crippen molar-refractivity contribution in [3.05, 3.63) is 35.6 Å². The second-order valence-corrected chi connectivity index (χ2v) is 5.67. The smallest absolute Gasteiger partial charge is 0.227 e. The molecule has 0 spiro atoms. The number of nitrogens with two attached hydrogens (primary N) is 1. The third-order valence-corrected chi connectivity index (χ3v) is 4.18. The predicted molar refractivity (Wildman–Crippen MR) is 76.6 cm³/mol. The molecule has 1 aliphatic heterocycles. The van der Waals surface area contributed by atoms with Crippen molar-refractivity contribution in [2.45, 2.75) is 19.4 Å². The van der Waals surface area contributed by atoms with Gasteiger partial charge in [0.25, 0.3) is 0 Å². The zero-order valence-electron chi connectivity index (χ0n) is 12.0. The molecular weight excluding hydrogens is 257 g/mol. The van der Waals surface area contributed by atoms with Gasteiger partial charge in [0.2, 0.25) is 5.91 Å². The summed E-state index contributed by atoms with van der Waals surface area (Å²) in [7, 11) is 1.66. The number of nitrogens with one attached hydrogen (secondary N) is 1. The minimum atomic E-state index is -0.393. The molecule has 2 atom stereocenters. The maximum atomic E-state index is 13.4. The van der Waals surface area contributed by atoms with E-state index in [9.17, 15) is 9.18 Å². The van der Waals surface area contributed by atoms with Crippen LogP contribution in [0, 0.1) is 11.2 Å². The minimum absolute atomic E-state index is 0.0443. The topological polar surface area (TPSA) is 58.4 Å². The lowest BCUT2D eigenvalue weighted by molar-refractivity contribution is -0.129. The van der Waals surface area contributed by atoms with Crippen LogP contribution in [-0.2, 0) is 4.79 Å². The van der Waals surface area contributed by atoms with Gasteiger partial charge in [-0.2, -0.15) is 0 Å². The molecular formula is C15H22FN3O. The lowest BCUT2D eigenvalue weighted by Crippen LogP contribution is -2.40. The normalized spacial score (nSPS) is 24.6. The van der Waals surface area contributed by atoms with Gasteiger partial charge in [0.1, 0.15) is 5.82 Å². The maximum absolute atomic E-state index is 13.4. The number of hydrogen-bond donors (Lipinski definition) is 2. The average molecular weight is 279 g/mol. The van der Waals surface area contributed by atoms with Gasteiger partial charge >= 0.3 is 0 Å². The van der Waals surface area contributed by atoms with Crippen molar-refractivity contribution in [1.29, 1.82) is 0 Å². The molecule has 20 heavy (non-hydrogen) atoms. The molecule has 0 bridgehead atoms. The number of hydrogen-bond acceptors (Lipinski definition) is 3. The van der Waals surface area contributed by atoms with Gasteiger partial charge in [0.15, 0.2) is 0 Å². The summed E-state index contributed by atoms with van der Waals surface area (Å²) in [5.74, 6) is -0.204. The molecule has 1 heterocycles. The van der Waals surface area contributed by atoms with Crippen molar-refractivity contribution in [2.75, 3.05) is 26.7 Å². The molecule has 1 aromatic rings. The van der Waals surface area contributed by atoms with Crippen molar-refractivity contribution in [2.24, 2.45) is 11.1 Å². The summed E-state index contributed by atoms with van der Waals surface area (Å²) in [5, 5.41) is 2.72. The van der Waals surface area contributed by atoms with E-state index in [0.29, 0.717) is 13.1 Å². The van der Waals surface area contributed by atoms with E-state index in [1.807, 2.05) is 13.0 Å². The molecule has 1 aromatic carbocycles. The Balaban J connectivity index is 2.17. The zero-order valence-corrected chi connectivity index (χ0v) is 12.0. The van der Waals surface area contributed by atoms with E-state index in [2.05, 4.69) is 10.2 Å². The largest absolute Gasteiger partial charge is 0.359 e. The SMILES string of the molecule is CNC(=O)C1(C)CCN(C(CN)c2cccc(F)c2)C1. The molecule has 0 radical (unpaired) electrons. The fourth-order valence-electron chi connectivity index (χ4n) is 2.96. The summed E-state index contributed by atoms with van der Waals surface area (Å²) >= 11 is 0. The Hall–Kier alpha value is -1.46. The van der Waals surface area contributed by atoms with E-state index in [1.165, 1.54) is 12.1 Å². The summed E-state index contributed by atoms with van der Waals surface area (Å²) in [6.07, 6.45) is 0.790. The summed E-state index contributed by atoms with van der Waals surface area (Å²) in [6, 6.07) is 6.48. The minimum Gasteiger partial charge on any atom is -0.359 e. The summed E-state index contributed by atoms with van der Waals surface area (Å²) in [5.41, 5.74) is 6.34.